The highest BCUT2D eigenvalue weighted by Gasteiger charge is 2.64. The van der Waals surface area contributed by atoms with Gasteiger partial charge in [0.1, 0.15) is 35.4 Å². The van der Waals surface area contributed by atoms with Gasteiger partial charge >= 0.3 is 12.2 Å². The second-order valence-electron chi connectivity index (χ2n) is 20.7. The Morgan fingerprint density at radius 3 is 1.62 bits per heavy atom. The van der Waals surface area contributed by atoms with E-state index in [0.29, 0.717) is 18.4 Å². The summed E-state index contributed by atoms with van der Waals surface area (Å²) in [7, 11) is -3.69. The molecular weight excluding hydrogens is 917 g/mol. The maximum atomic E-state index is 15.9. The van der Waals surface area contributed by atoms with Crippen LogP contribution in [-0.4, -0.2) is 134 Å². The van der Waals surface area contributed by atoms with Gasteiger partial charge in [0.25, 0.3) is 5.92 Å². The van der Waals surface area contributed by atoms with Crippen LogP contribution in [0.15, 0.2) is 60.7 Å². The number of unbranched alkanes of at least 4 members (excludes halogenated alkanes) is 1. The number of benzene rings is 2. The van der Waals surface area contributed by atoms with E-state index >= 15 is 8.78 Å². The number of likely N-dealkylation sites (tertiary alicyclic amines) is 1. The van der Waals surface area contributed by atoms with Gasteiger partial charge in [0, 0.05) is 39.0 Å². The molecule has 4 atom stereocenters. The van der Waals surface area contributed by atoms with Crippen molar-refractivity contribution in [1.29, 1.82) is 0 Å². The van der Waals surface area contributed by atoms with Crippen LogP contribution < -0.4 is 26.6 Å². The van der Waals surface area contributed by atoms with E-state index in [9.17, 15) is 37.2 Å². The molecule has 384 valence electrons. The summed E-state index contributed by atoms with van der Waals surface area (Å²) in [5.74, 6) is -6.33. The number of alkyl halides is 2. The fourth-order valence-corrected chi connectivity index (χ4v) is 9.03. The van der Waals surface area contributed by atoms with Crippen LogP contribution in [0, 0.1) is 11.3 Å². The smallest absolute Gasteiger partial charge is 0.408 e. The third-order valence-electron chi connectivity index (χ3n) is 11.8. The number of rotatable bonds is 21. The predicted octanol–water partition coefficient (Wildman–Crippen LogP) is 5.08. The van der Waals surface area contributed by atoms with E-state index in [1.54, 1.807) is 96.1 Å². The van der Waals surface area contributed by atoms with Gasteiger partial charge in [0.15, 0.2) is 0 Å². The molecule has 0 bridgehead atoms. The second kappa shape index (κ2) is 24.0. The minimum absolute atomic E-state index is 0.00746. The highest BCUT2D eigenvalue weighted by Crippen LogP contribution is 2.50. The first-order valence-electron chi connectivity index (χ1n) is 23.6. The summed E-state index contributed by atoms with van der Waals surface area (Å²) in [5.41, 5.74) is -1.84. The lowest BCUT2D eigenvalue weighted by atomic mass is 9.70. The van der Waals surface area contributed by atoms with Crippen LogP contribution in [0.25, 0.3) is 0 Å². The van der Waals surface area contributed by atoms with Crippen LogP contribution in [0.1, 0.15) is 105 Å². The summed E-state index contributed by atoms with van der Waals surface area (Å²) >= 11 is 0. The SMILES string of the molecule is CC(C)CC[C@@H](NC(=O)[C@@H](Cc1ccccc1)NC(=O)[C@@H](Cc1ccccc1)NC(=O)OC(C)(C)C)C(=O)N[C@H](CCCCNC(=O)OC(C)(C)C)C(=O)N1CCC2(CN(S(C)(=O)=O)C2)C(F)(F)C1. The first-order valence-corrected chi connectivity index (χ1v) is 25.5. The number of hydrogen-bond donors (Lipinski definition) is 5. The molecule has 2 aromatic rings. The Balaban J connectivity index is 1.58. The van der Waals surface area contributed by atoms with Crippen molar-refractivity contribution in [3.8, 4) is 0 Å². The van der Waals surface area contributed by atoms with Crippen LogP contribution in [-0.2, 0) is 51.5 Å². The van der Waals surface area contributed by atoms with Crippen molar-refractivity contribution in [2.75, 3.05) is 39.0 Å². The molecule has 2 heterocycles. The molecule has 17 nitrogen and oxygen atoms in total. The summed E-state index contributed by atoms with van der Waals surface area (Å²) in [6.45, 7) is 12.4. The molecule has 4 rings (SSSR count). The van der Waals surface area contributed by atoms with Gasteiger partial charge in [-0.3, -0.25) is 19.2 Å². The predicted molar refractivity (Wildman–Crippen MR) is 256 cm³/mol. The van der Waals surface area contributed by atoms with Gasteiger partial charge in [-0.15, -0.1) is 0 Å². The van der Waals surface area contributed by atoms with Crippen LogP contribution in [0.5, 0.6) is 0 Å². The van der Waals surface area contributed by atoms with Crippen molar-refractivity contribution < 1.29 is 55.4 Å². The number of sulfonamides is 1. The zero-order chi connectivity index (χ0) is 51.4. The van der Waals surface area contributed by atoms with Crippen LogP contribution in [0.2, 0.25) is 0 Å². The molecule has 0 saturated carbocycles. The largest absolute Gasteiger partial charge is 0.444 e. The number of carbonyl (C=O) groups excluding carboxylic acids is 6. The molecule has 0 aromatic heterocycles. The van der Waals surface area contributed by atoms with E-state index in [1.165, 1.54) is 0 Å². The average molecular weight is 990 g/mol. The first kappa shape index (κ1) is 56.2. The third-order valence-corrected chi connectivity index (χ3v) is 13.0. The second-order valence-corrected chi connectivity index (χ2v) is 22.7. The number of piperidine rings is 1. The normalized spacial score (nSPS) is 17.6. The van der Waals surface area contributed by atoms with E-state index in [0.717, 1.165) is 21.0 Å². The molecule has 0 radical (unpaired) electrons. The quantitative estimate of drug-likeness (QED) is 0.104. The minimum Gasteiger partial charge on any atom is -0.444 e. The number of carbonyl (C=O) groups is 6. The molecular formula is C49H73F2N7O10S. The summed E-state index contributed by atoms with van der Waals surface area (Å²) < 4.78 is 67.8. The Labute approximate surface area is 406 Å². The van der Waals surface area contributed by atoms with Gasteiger partial charge < -0.3 is 41.0 Å². The van der Waals surface area contributed by atoms with Gasteiger partial charge in [0.05, 0.1) is 18.2 Å². The lowest BCUT2D eigenvalue weighted by molar-refractivity contribution is -0.210. The number of nitrogens with zero attached hydrogens (tertiary/aromatic N) is 2. The van der Waals surface area contributed by atoms with E-state index in [-0.39, 0.29) is 70.6 Å². The van der Waals surface area contributed by atoms with Gasteiger partial charge in [0.2, 0.25) is 33.7 Å². The number of nitrogens with one attached hydrogen (secondary N) is 5. The summed E-state index contributed by atoms with van der Waals surface area (Å²) in [4.78, 5) is 83.6. The molecule has 2 aliphatic rings. The monoisotopic (exact) mass is 990 g/mol. The fraction of sp³-hybridized carbons (Fsp3) is 0.633. The van der Waals surface area contributed by atoms with Crippen molar-refractivity contribution >= 4 is 45.8 Å². The molecule has 0 aliphatic carbocycles. The van der Waals surface area contributed by atoms with Gasteiger partial charge in [-0.05, 0) is 97.1 Å². The van der Waals surface area contributed by atoms with Crippen LogP contribution >= 0.6 is 0 Å². The zero-order valence-corrected chi connectivity index (χ0v) is 42.3. The topological polar surface area (TPSA) is 222 Å². The molecule has 69 heavy (non-hydrogen) atoms. The lowest BCUT2D eigenvalue weighted by Gasteiger charge is -2.56. The first-order chi connectivity index (χ1) is 32.1. The Bertz CT molecular complexity index is 2180. The molecule has 5 N–H and O–H groups in total. The molecule has 6 amide bonds. The van der Waals surface area contributed by atoms with Gasteiger partial charge in [-0.2, -0.15) is 0 Å². The molecule has 0 unspecified atom stereocenters. The van der Waals surface area contributed by atoms with Crippen molar-refractivity contribution in [2.45, 2.75) is 148 Å². The Morgan fingerprint density at radius 2 is 1.13 bits per heavy atom. The Morgan fingerprint density at radius 1 is 0.652 bits per heavy atom. The highest BCUT2D eigenvalue weighted by atomic mass is 32.2. The standard InChI is InChI=1S/C49H73F2N7O10S/c1-33(2)23-24-36(53-41(60)38(28-34-18-12-10-13-19-34)55-42(61)39(29-35-20-14-11-15-21-35)56-45(64)68-47(6,7)8)40(59)54-37(22-16-17-26-52-44(63)67-46(3,4)5)43(62)57-27-25-48(49(50,51)32-57)30-58(31-48)69(9,65)66/h10-15,18-21,33,36-39H,16-17,22-32H2,1-9H3,(H,52,63)(H,53,60)(H,54,59)(H,55,61)(H,56,64)/t36-,37-,38-,39-/m1/s1. The van der Waals surface area contributed by atoms with Crippen molar-refractivity contribution in [3.63, 3.8) is 0 Å². The van der Waals surface area contributed by atoms with Gasteiger partial charge in [-0.25, -0.2) is 31.1 Å². The number of halogens is 2. The van der Waals surface area contributed by atoms with E-state index in [1.807, 2.05) is 19.9 Å². The van der Waals surface area contributed by atoms with Gasteiger partial charge in [-0.1, -0.05) is 74.5 Å². The summed E-state index contributed by atoms with van der Waals surface area (Å²) in [5, 5.41) is 13.6. The van der Waals surface area contributed by atoms with Crippen molar-refractivity contribution in [2.24, 2.45) is 11.3 Å². The number of hydrogen-bond acceptors (Lipinski definition) is 10. The van der Waals surface area contributed by atoms with Crippen LogP contribution in [0.3, 0.4) is 0 Å². The molecule has 2 saturated heterocycles. The minimum atomic E-state index is -3.69. The van der Waals surface area contributed by atoms with E-state index < -0.39 is 99.1 Å². The van der Waals surface area contributed by atoms with E-state index in [4.69, 9.17) is 9.47 Å². The number of alkyl carbamates (subject to hydrolysis) is 2. The maximum absolute atomic E-state index is 15.9. The Hall–Kier alpha value is -5.37. The van der Waals surface area contributed by atoms with Crippen molar-refractivity contribution in [1.82, 2.24) is 35.8 Å². The lowest BCUT2D eigenvalue weighted by Crippen LogP contribution is -2.71. The molecule has 2 aromatic carbocycles. The fourth-order valence-electron chi connectivity index (χ4n) is 8.07. The maximum Gasteiger partial charge on any atom is 0.408 e. The number of ether oxygens (including phenoxy) is 2. The summed E-state index contributed by atoms with van der Waals surface area (Å²) in [6, 6.07) is 12.8. The third kappa shape index (κ3) is 17.8. The summed E-state index contributed by atoms with van der Waals surface area (Å²) in [6.07, 6.45) is 0.500. The average Bonchev–Trinajstić information content (AvgIpc) is 3.21. The molecule has 20 heteroatoms. The number of amides is 6. The van der Waals surface area contributed by atoms with E-state index in [2.05, 4.69) is 26.6 Å². The molecule has 2 fully saturated rings. The Kier molecular flexibility index (Phi) is 19.5. The van der Waals surface area contributed by atoms with Crippen molar-refractivity contribution in [3.05, 3.63) is 71.8 Å². The van der Waals surface area contributed by atoms with Crippen LogP contribution in [0.4, 0.5) is 18.4 Å². The zero-order valence-electron chi connectivity index (χ0n) is 41.5. The molecule has 2 aliphatic heterocycles. The molecule has 1 spiro atoms. The highest BCUT2D eigenvalue weighted by molar-refractivity contribution is 7.88.